The number of fused-ring (bicyclic) bond motifs is 3. The number of para-hydroxylation sites is 1. The molecule has 5 aromatic rings. The molecule has 0 aliphatic heterocycles. The summed E-state index contributed by atoms with van der Waals surface area (Å²) in [6.45, 7) is 3.13. The number of rotatable bonds is 8. The minimum absolute atomic E-state index is 0.00789. The third kappa shape index (κ3) is 4.45. The number of hydrogen-bond acceptors (Lipinski definition) is 6. The lowest BCUT2D eigenvalue weighted by Gasteiger charge is -2.20. The van der Waals surface area contributed by atoms with E-state index in [9.17, 15) is 9.59 Å². The monoisotopic (exact) mass is 499 g/mol. The molecule has 182 valence electrons. The van der Waals surface area contributed by atoms with Gasteiger partial charge in [0.1, 0.15) is 5.75 Å². The largest absolute Gasteiger partial charge is 0.497 e. The van der Waals surface area contributed by atoms with Gasteiger partial charge in [-0.05, 0) is 36.8 Å². The van der Waals surface area contributed by atoms with E-state index in [0.717, 1.165) is 5.56 Å². The van der Waals surface area contributed by atoms with Crippen molar-refractivity contribution in [3.8, 4) is 11.4 Å². The molecular weight excluding hydrogens is 474 g/mol. The second kappa shape index (κ2) is 10.2. The maximum absolute atomic E-state index is 13.5. The average molecular weight is 500 g/mol. The Hall–Kier alpha value is -4.11. The third-order valence-electron chi connectivity index (χ3n) is 5.98. The Bertz CT molecular complexity index is 1600. The molecule has 0 atom stereocenters. The van der Waals surface area contributed by atoms with E-state index >= 15 is 0 Å². The first-order valence-electron chi connectivity index (χ1n) is 11.6. The molecule has 1 amide bonds. The predicted octanol–water partition coefficient (Wildman–Crippen LogP) is 4.18. The minimum atomic E-state index is -0.202. The number of ether oxygens (including phenoxy) is 1. The van der Waals surface area contributed by atoms with Crippen LogP contribution in [0.4, 0.5) is 0 Å². The third-order valence-corrected chi connectivity index (χ3v) is 6.90. The Morgan fingerprint density at radius 1 is 1.00 bits per heavy atom. The first-order chi connectivity index (χ1) is 17.6. The molecular formula is C27H25N5O3S. The second-order valence-corrected chi connectivity index (χ2v) is 9.10. The molecule has 0 bridgehead atoms. The van der Waals surface area contributed by atoms with Crippen LogP contribution < -0.4 is 10.3 Å². The van der Waals surface area contributed by atoms with Gasteiger partial charge in [-0.3, -0.25) is 14.0 Å². The highest BCUT2D eigenvalue weighted by Gasteiger charge is 2.20. The van der Waals surface area contributed by atoms with Crippen LogP contribution in [0.3, 0.4) is 0 Å². The molecule has 8 nitrogen and oxygen atoms in total. The summed E-state index contributed by atoms with van der Waals surface area (Å²) in [6, 6.07) is 24.5. The summed E-state index contributed by atoms with van der Waals surface area (Å²) in [5.41, 5.74) is 2.19. The minimum Gasteiger partial charge on any atom is -0.497 e. The summed E-state index contributed by atoms with van der Waals surface area (Å²) in [5, 5.41) is 9.80. The van der Waals surface area contributed by atoms with Gasteiger partial charge in [-0.2, -0.15) is 0 Å². The Labute approximate surface area is 212 Å². The highest BCUT2D eigenvalue weighted by atomic mass is 32.2. The van der Waals surface area contributed by atoms with Crippen molar-refractivity contribution in [3.05, 3.63) is 94.8 Å². The maximum Gasteiger partial charge on any atom is 0.267 e. The summed E-state index contributed by atoms with van der Waals surface area (Å²) >= 11 is 1.31. The van der Waals surface area contributed by atoms with E-state index in [2.05, 4.69) is 10.2 Å². The van der Waals surface area contributed by atoms with Crippen LogP contribution in [-0.2, 0) is 11.3 Å². The molecule has 2 heterocycles. The van der Waals surface area contributed by atoms with E-state index in [-0.39, 0.29) is 17.2 Å². The number of amides is 1. The molecule has 2 aromatic heterocycles. The van der Waals surface area contributed by atoms with E-state index in [1.54, 1.807) is 19.2 Å². The zero-order valence-corrected chi connectivity index (χ0v) is 20.8. The normalized spacial score (nSPS) is 11.2. The average Bonchev–Trinajstić information content (AvgIpc) is 3.35. The molecule has 0 saturated carbocycles. The van der Waals surface area contributed by atoms with E-state index in [1.807, 2.05) is 83.0 Å². The highest BCUT2D eigenvalue weighted by molar-refractivity contribution is 7.99. The summed E-state index contributed by atoms with van der Waals surface area (Å²) < 4.78 is 8.72. The number of benzene rings is 3. The van der Waals surface area contributed by atoms with Gasteiger partial charge in [0.25, 0.3) is 5.56 Å². The SMILES string of the molecule is CCN(Cc1ccccc1)C(=O)CSc1nnc2n(-c3cccc(OC)c3)c(=O)c3ccccc3n12. The number of thioether (sulfide) groups is 1. The van der Waals surface area contributed by atoms with Gasteiger partial charge in [0.2, 0.25) is 11.7 Å². The topological polar surface area (TPSA) is 81.7 Å². The van der Waals surface area contributed by atoms with Crippen molar-refractivity contribution in [1.82, 2.24) is 24.1 Å². The van der Waals surface area contributed by atoms with Gasteiger partial charge in [-0.25, -0.2) is 4.57 Å². The number of methoxy groups -OCH3 is 1. The van der Waals surface area contributed by atoms with Crippen molar-refractivity contribution in [2.75, 3.05) is 19.4 Å². The molecule has 5 rings (SSSR count). The van der Waals surface area contributed by atoms with Crippen LogP contribution in [0.1, 0.15) is 12.5 Å². The molecule has 0 aliphatic rings. The number of carbonyl (C=O) groups excluding carboxylic acids is 1. The molecule has 0 spiro atoms. The molecule has 9 heteroatoms. The van der Waals surface area contributed by atoms with Gasteiger partial charge >= 0.3 is 0 Å². The van der Waals surface area contributed by atoms with Crippen LogP contribution in [0.25, 0.3) is 22.4 Å². The summed E-state index contributed by atoms with van der Waals surface area (Å²) in [6.07, 6.45) is 0. The fourth-order valence-electron chi connectivity index (χ4n) is 4.15. The molecule has 0 aliphatic carbocycles. The lowest BCUT2D eigenvalue weighted by molar-refractivity contribution is -0.128. The van der Waals surface area contributed by atoms with Crippen LogP contribution in [0, 0.1) is 0 Å². The van der Waals surface area contributed by atoms with Gasteiger partial charge in [0.15, 0.2) is 5.16 Å². The van der Waals surface area contributed by atoms with Crippen LogP contribution in [-0.4, -0.2) is 49.4 Å². The molecule has 0 radical (unpaired) electrons. The fourth-order valence-corrected chi connectivity index (χ4v) is 4.99. The van der Waals surface area contributed by atoms with E-state index < -0.39 is 0 Å². The zero-order chi connectivity index (χ0) is 25.1. The number of nitrogens with zero attached hydrogens (tertiary/aromatic N) is 5. The first kappa shape index (κ1) is 23.6. The number of aromatic nitrogens is 4. The summed E-state index contributed by atoms with van der Waals surface area (Å²) in [7, 11) is 1.58. The molecule has 0 N–H and O–H groups in total. The van der Waals surface area contributed by atoms with Gasteiger partial charge in [-0.1, -0.05) is 60.3 Å². The van der Waals surface area contributed by atoms with E-state index in [4.69, 9.17) is 4.74 Å². The summed E-state index contributed by atoms with van der Waals surface area (Å²) in [5.74, 6) is 1.21. The van der Waals surface area contributed by atoms with Crippen LogP contribution >= 0.6 is 11.8 Å². The lowest BCUT2D eigenvalue weighted by atomic mass is 10.2. The Morgan fingerprint density at radius 3 is 2.56 bits per heavy atom. The van der Waals surface area contributed by atoms with E-state index in [1.165, 1.54) is 16.3 Å². The zero-order valence-electron chi connectivity index (χ0n) is 20.0. The van der Waals surface area contributed by atoms with Crippen LogP contribution in [0.5, 0.6) is 5.75 Å². The molecule has 3 aromatic carbocycles. The molecule has 0 saturated heterocycles. The van der Waals surface area contributed by atoms with Crippen molar-refractivity contribution in [1.29, 1.82) is 0 Å². The maximum atomic E-state index is 13.5. The Morgan fingerprint density at radius 2 is 1.78 bits per heavy atom. The van der Waals surface area contributed by atoms with Gasteiger partial charge in [0, 0.05) is 19.2 Å². The standard InChI is InChI=1S/C27H25N5O3S/c1-3-30(17-19-10-5-4-6-11-19)24(33)18-36-27-29-28-26-31(20-12-9-13-21(16-20)35-2)25(34)22-14-7-8-15-23(22)32(26)27/h4-16H,3,17-18H2,1-2H3. The highest BCUT2D eigenvalue weighted by Crippen LogP contribution is 2.25. The van der Waals surface area contributed by atoms with Gasteiger partial charge in [0.05, 0.1) is 29.5 Å². The van der Waals surface area contributed by atoms with Crippen molar-refractivity contribution in [2.45, 2.75) is 18.6 Å². The van der Waals surface area contributed by atoms with Crippen molar-refractivity contribution in [2.24, 2.45) is 0 Å². The second-order valence-electron chi connectivity index (χ2n) is 8.16. The molecule has 0 unspecified atom stereocenters. The number of carbonyl (C=O) groups is 1. The Kier molecular flexibility index (Phi) is 6.73. The lowest BCUT2D eigenvalue weighted by Crippen LogP contribution is -2.31. The predicted molar refractivity (Wildman–Crippen MR) is 141 cm³/mol. The molecule has 0 fully saturated rings. The van der Waals surface area contributed by atoms with E-state index in [0.29, 0.717) is 46.4 Å². The van der Waals surface area contributed by atoms with Crippen LogP contribution in [0.15, 0.2) is 88.8 Å². The van der Waals surface area contributed by atoms with Crippen molar-refractivity contribution in [3.63, 3.8) is 0 Å². The van der Waals surface area contributed by atoms with Crippen molar-refractivity contribution < 1.29 is 9.53 Å². The number of hydrogen-bond donors (Lipinski definition) is 0. The molecule has 36 heavy (non-hydrogen) atoms. The summed E-state index contributed by atoms with van der Waals surface area (Å²) in [4.78, 5) is 28.4. The smallest absolute Gasteiger partial charge is 0.267 e. The van der Waals surface area contributed by atoms with Crippen molar-refractivity contribution >= 4 is 34.3 Å². The van der Waals surface area contributed by atoms with Gasteiger partial charge < -0.3 is 9.64 Å². The van der Waals surface area contributed by atoms with Crippen LogP contribution in [0.2, 0.25) is 0 Å². The van der Waals surface area contributed by atoms with Gasteiger partial charge in [-0.15, -0.1) is 10.2 Å². The Balaban J connectivity index is 1.52. The first-order valence-corrected chi connectivity index (χ1v) is 12.6. The quantitative estimate of drug-likeness (QED) is 0.298. The fraction of sp³-hybridized carbons (Fsp3) is 0.185.